The number of likely N-dealkylation sites (N-methyl/N-ethyl adjacent to an activating group) is 1. The maximum Gasteiger partial charge on any atom is 0.0254 e. The minimum Gasteiger partial charge on any atom is -0.313 e. The van der Waals surface area contributed by atoms with E-state index in [-0.39, 0.29) is 0 Å². The molecule has 20 heavy (non-hydrogen) atoms. The number of hydrogen-bond donors (Lipinski definition) is 1. The van der Waals surface area contributed by atoms with Crippen molar-refractivity contribution < 1.29 is 0 Å². The molecule has 3 aliphatic rings. The van der Waals surface area contributed by atoms with Crippen molar-refractivity contribution in [3.63, 3.8) is 0 Å². The SMILES string of the molecule is CCNC1CCC(C)CC1N1CCCC1C1CCCC1. The van der Waals surface area contributed by atoms with E-state index in [2.05, 4.69) is 24.1 Å². The Balaban J connectivity index is 1.70. The summed E-state index contributed by atoms with van der Waals surface area (Å²) >= 11 is 0. The standard InChI is InChI=1S/C18H34N2/c1-3-19-16-11-10-14(2)13-18(16)20-12-6-9-17(20)15-7-4-5-8-15/h14-19H,3-13H2,1-2H3. The van der Waals surface area contributed by atoms with Crippen molar-refractivity contribution in [3.05, 3.63) is 0 Å². The van der Waals surface area contributed by atoms with E-state index in [0.29, 0.717) is 0 Å². The fourth-order valence-electron chi connectivity index (χ4n) is 5.29. The molecular formula is C18H34N2. The first-order valence-corrected chi connectivity index (χ1v) is 9.28. The maximum atomic E-state index is 3.80. The first-order valence-electron chi connectivity index (χ1n) is 9.28. The molecule has 2 saturated carbocycles. The molecule has 3 rings (SSSR count). The molecule has 0 bridgehead atoms. The monoisotopic (exact) mass is 278 g/mol. The van der Waals surface area contributed by atoms with Crippen molar-refractivity contribution in [2.24, 2.45) is 11.8 Å². The summed E-state index contributed by atoms with van der Waals surface area (Å²) in [6.07, 6.45) is 13.2. The minimum absolute atomic E-state index is 0.762. The highest BCUT2D eigenvalue weighted by Gasteiger charge is 2.41. The van der Waals surface area contributed by atoms with Crippen LogP contribution in [0.1, 0.15) is 71.6 Å². The largest absolute Gasteiger partial charge is 0.313 e. The van der Waals surface area contributed by atoms with Crippen molar-refractivity contribution in [2.75, 3.05) is 13.1 Å². The van der Waals surface area contributed by atoms with Gasteiger partial charge in [0.05, 0.1) is 0 Å². The van der Waals surface area contributed by atoms with E-state index in [0.717, 1.165) is 36.5 Å². The summed E-state index contributed by atoms with van der Waals surface area (Å²) in [5.74, 6) is 1.96. The van der Waals surface area contributed by atoms with Crippen LogP contribution >= 0.6 is 0 Å². The Morgan fingerprint density at radius 1 is 0.950 bits per heavy atom. The van der Waals surface area contributed by atoms with Gasteiger partial charge < -0.3 is 5.32 Å². The average Bonchev–Trinajstić information content (AvgIpc) is 3.10. The minimum atomic E-state index is 0.762. The third-order valence-corrected chi connectivity index (χ3v) is 6.26. The summed E-state index contributed by atoms with van der Waals surface area (Å²) in [6.45, 7) is 7.25. The molecule has 0 aromatic rings. The number of nitrogens with one attached hydrogen (secondary N) is 1. The van der Waals surface area contributed by atoms with Crippen LogP contribution in [0, 0.1) is 11.8 Å². The van der Waals surface area contributed by atoms with Crippen molar-refractivity contribution in [1.82, 2.24) is 10.2 Å². The van der Waals surface area contributed by atoms with E-state index in [1.54, 1.807) is 0 Å². The number of likely N-dealkylation sites (tertiary alicyclic amines) is 1. The zero-order chi connectivity index (χ0) is 13.9. The number of rotatable bonds is 4. The average molecular weight is 278 g/mol. The van der Waals surface area contributed by atoms with Crippen LogP contribution in [0.5, 0.6) is 0 Å². The lowest BCUT2D eigenvalue weighted by atomic mass is 9.81. The zero-order valence-corrected chi connectivity index (χ0v) is 13.6. The van der Waals surface area contributed by atoms with Crippen LogP contribution in [0.15, 0.2) is 0 Å². The molecule has 4 unspecified atom stereocenters. The van der Waals surface area contributed by atoms with E-state index in [9.17, 15) is 0 Å². The van der Waals surface area contributed by atoms with Crippen molar-refractivity contribution in [3.8, 4) is 0 Å². The quantitative estimate of drug-likeness (QED) is 0.841. The molecule has 2 heteroatoms. The van der Waals surface area contributed by atoms with Gasteiger partial charge in [-0.3, -0.25) is 4.90 Å². The van der Waals surface area contributed by atoms with Crippen LogP contribution in [-0.2, 0) is 0 Å². The Bertz CT molecular complexity index is 298. The summed E-state index contributed by atoms with van der Waals surface area (Å²) < 4.78 is 0. The van der Waals surface area contributed by atoms with E-state index >= 15 is 0 Å². The molecule has 2 nitrogen and oxygen atoms in total. The molecule has 116 valence electrons. The molecule has 3 fully saturated rings. The molecular weight excluding hydrogens is 244 g/mol. The summed E-state index contributed by atoms with van der Waals surface area (Å²) in [4.78, 5) is 2.96. The molecule has 1 heterocycles. The van der Waals surface area contributed by atoms with Crippen LogP contribution in [0.25, 0.3) is 0 Å². The summed E-state index contributed by atoms with van der Waals surface area (Å²) in [6, 6.07) is 2.51. The Morgan fingerprint density at radius 3 is 2.50 bits per heavy atom. The second-order valence-electron chi connectivity index (χ2n) is 7.64. The highest BCUT2D eigenvalue weighted by Crippen LogP contribution is 2.39. The highest BCUT2D eigenvalue weighted by molar-refractivity contribution is 4.97. The second-order valence-corrected chi connectivity index (χ2v) is 7.64. The molecule has 1 aliphatic heterocycles. The Morgan fingerprint density at radius 2 is 1.75 bits per heavy atom. The second kappa shape index (κ2) is 6.79. The van der Waals surface area contributed by atoms with Crippen molar-refractivity contribution in [2.45, 2.75) is 89.8 Å². The van der Waals surface area contributed by atoms with E-state index in [4.69, 9.17) is 0 Å². The van der Waals surface area contributed by atoms with E-state index < -0.39 is 0 Å². The Labute approximate surface area is 125 Å². The van der Waals surface area contributed by atoms with Gasteiger partial charge in [-0.1, -0.05) is 26.7 Å². The Hall–Kier alpha value is -0.0800. The van der Waals surface area contributed by atoms with Gasteiger partial charge in [-0.2, -0.15) is 0 Å². The topological polar surface area (TPSA) is 15.3 Å². The van der Waals surface area contributed by atoms with Gasteiger partial charge in [0.15, 0.2) is 0 Å². The summed E-state index contributed by atoms with van der Waals surface area (Å²) in [7, 11) is 0. The van der Waals surface area contributed by atoms with Crippen LogP contribution in [0.4, 0.5) is 0 Å². The molecule has 0 spiro atoms. The molecule has 1 saturated heterocycles. The predicted octanol–water partition coefficient (Wildman–Crippen LogP) is 3.81. The van der Waals surface area contributed by atoms with Gasteiger partial charge in [0.2, 0.25) is 0 Å². The van der Waals surface area contributed by atoms with Gasteiger partial charge in [0, 0.05) is 18.1 Å². The maximum absolute atomic E-state index is 3.80. The molecule has 4 atom stereocenters. The molecule has 0 aromatic heterocycles. The lowest BCUT2D eigenvalue weighted by molar-refractivity contribution is 0.0680. The Kier molecular flexibility index (Phi) is 5.04. The fourth-order valence-corrected chi connectivity index (χ4v) is 5.29. The first kappa shape index (κ1) is 14.8. The van der Waals surface area contributed by atoms with Crippen molar-refractivity contribution in [1.29, 1.82) is 0 Å². The zero-order valence-electron chi connectivity index (χ0n) is 13.6. The first-order chi connectivity index (χ1) is 9.79. The van der Waals surface area contributed by atoms with Crippen LogP contribution in [0.3, 0.4) is 0 Å². The number of hydrogen-bond acceptors (Lipinski definition) is 2. The highest BCUT2D eigenvalue weighted by atomic mass is 15.2. The van der Waals surface area contributed by atoms with Gasteiger partial charge in [0.1, 0.15) is 0 Å². The van der Waals surface area contributed by atoms with Gasteiger partial charge in [-0.05, 0) is 69.9 Å². The lowest BCUT2D eigenvalue weighted by Gasteiger charge is -2.44. The van der Waals surface area contributed by atoms with Crippen molar-refractivity contribution >= 4 is 0 Å². The smallest absolute Gasteiger partial charge is 0.0254 e. The summed E-state index contributed by atoms with van der Waals surface area (Å²) in [5, 5.41) is 3.80. The number of nitrogens with zero attached hydrogens (tertiary/aromatic N) is 1. The molecule has 1 N–H and O–H groups in total. The van der Waals surface area contributed by atoms with Crippen LogP contribution in [-0.4, -0.2) is 36.1 Å². The van der Waals surface area contributed by atoms with Gasteiger partial charge in [-0.15, -0.1) is 0 Å². The predicted molar refractivity (Wildman–Crippen MR) is 86.0 cm³/mol. The van der Waals surface area contributed by atoms with Gasteiger partial charge in [0.25, 0.3) is 0 Å². The third kappa shape index (κ3) is 3.06. The molecule has 0 amide bonds. The van der Waals surface area contributed by atoms with Gasteiger partial charge in [-0.25, -0.2) is 0 Å². The normalized spacial score (nSPS) is 40.5. The summed E-state index contributed by atoms with van der Waals surface area (Å²) in [5.41, 5.74) is 0. The van der Waals surface area contributed by atoms with E-state index in [1.807, 2.05) is 0 Å². The van der Waals surface area contributed by atoms with Crippen LogP contribution in [0.2, 0.25) is 0 Å². The molecule has 2 aliphatic carbocycles. The molecule has 0 radical (unpaired) electrons. The molecule has 0 aromatic carbocycles. The van der Waals surface area contributed by atoms with Gasteiger partial charge >= 0.3 is 0 Å². The third-order valence-electron chi connectivity index (χ3n) is 6.26. The van der Waals surface area contributed by atoms with Crippen LogP contribution < -0.4 is 5.32 Å². The fraction of sp³-hybridized carbons (Fsp3) is 1.00. The van der Waals surface area contributed by atoms with E-state index in [1.165, 1.54) is 64.3 Å². The lowest BCUT2D eigenvalue weighted by Crippen LogP contribution is -2.55.